The van der Waals surface area contributed by atoms with E-state index >= 15 is 0 Å². The molecule has 0 spiro atoms. The number of nitrogens with one attached hydrogen (secondary N) is 1. The van der Waals surface area contributed by atoms with Crippen LogP contribution in [-0.4, -0.2) is 18.5 Å². The third-order valence-corrected chi connectivity index (χ3v) is 2.86. The molecular formula is C12H11F3N2O2. The number of amides is 3. The zero-order valence-corrected chi connectivity index (χ0v) is 9.99. The first-order valence-electron chi connectivity index (χ1n) is 5.60. The van der Waals surface area contributed by atoms with Crippen LogP contribution in [0.25, 0.3) is 0 Å². The molecule has 0 radical (unpaired) electrons. The monoisotopic (exact) mass is 272 g/mol. The van der Waals surface area contributed by atoms with Crippen molar-refractivity contribution in [2.24, 2.45) is 5.92 Å². The molecule has 1 aromatic carbocycles. The van der Waals surface area contributed by atoms with Crippen LogP contribution in [0.5, 0.6) is 0 Å². The maximum atomic E-state index is 12.4. The van der Waals surface area contributed by atoms with Crippen LogP contribution >= 0.6 is 0 Å². The van der Waals surface area contributed by atoms with Gasteiger partial charge in [-0.05, 0) is 24.3 Å². The van der Waals surface area contributed by atoms with Gasteiger partial charge in [-0.15, -0.1) is 0 Å². The second-order valence-corrected chi connectivity index (χ2v) is 4.31. The summed E-state index contributed by atoms with van der Waals surface area (Å²) in [6.07, 6.45) is -4.44. The molecule has 0 bridgehead atoms. The molecule has 1 heterocycles. The van der Waals surface area contributed by atoms with Gasteiger partial charge in [0.1, 0.15) is 0 Å². The minimum Gasteiger partial charge on any atom is -0.337 e. The Morgan fingerprint density at radius 2 is 1.79 bits per heavy atom. The Hall–Kier alpha value is -2.05. The predicted octanol–water partition coefficient (Wildman–Crippen LogP) is 2.40. The molecule has 0 aromatic heterocycles. The summed E-state index contributed by atoms with van der Waals surface area (Å²) in [6, 6.07) is 3.28. The maximum absolute atomic E-state index is 12.4. The van der Waals surface area contributed by atoms with Gasteiger partial charge < -0.3 is 5.32 Å². The van der Waals surface area contributed by atoms with Gasteiger partial charge in [0.05, 0.1) is 17.2 Å². The highest BCUT2D eigenvalue weighted by Crippen LogP contribution is 2.31. The minimum absolute atomic E-state index is 0.127. The smallest absolute Gasteiger partial charge is 0.337 e. The SMILES string of the molecule is CC1CNC(=O)N(c2ccc(C(F)(F)F)cc2)C1=O. The molecule has 1 aromatic rings. The normalized spacial score (nSPS) is 20.4. The van der Waals surface area contributed by atoms with Crippen LogP contribution < -0.4 is 10.2 Å². The van der Waals surface area contributed by atoms with Gasteiger partial charge in [0.2, 0.25) is 5.91 Å². The van der Waals surface area contributed by atoms with Crippen LogP contribution in [0.3, 0.4) is 0 Å². The van der Waals surface area contributed by atoms with Crippen LogP contribution in [0.15, 0.2) is 24.3 Å². The fourth-order valence-corrected chi connectivity index (χ4v) is 1.77. The van der Waals surface area contributed by atoms with E-state index in [4.69, 9.17) is 0 Å². The molecular weight excluding hydrogens is 261 g/mol. The van der Waals surface area contributed by atoms with E-state index in [1.165, 1.54) is 0 Å². The number of urea groups is 1. The second-order valence-electron chi connectivity index (χ2n) is 4.31. The second kappa shape index (κ2) is 4.56. The quantitative estimate of drug-likeness (QED) is 0.853. The number of hydrogen-bond donors (Lipinski definition) is 1. The number of imide groups is 1. The lowest BCUT2D eigenvalue weighted by atomic mass is 10.1. The Kier molecular flexibility index (Phi) is 3.21. The number of rotatable bonds is 1. The zero-order chi connectivity index (χ0) is 14.2. The van der Waals surface area contributed by atoms with Gasteiger partial charge in [-0.1, -0.05) is 6.92 Å². The van der Waals surface area contributed by atoms with E-state index in [9.17, 15) is 22.8 Å². The molecule has 2 rings (SSSR count). The molecule has 7 heteroatoms. The van der Waals surface area contributed by atoms with Crippen molar-refractivity contribution in [3.63, 3.8) is 0 Å². The van der Waals surface area contributed by atoms with Crippen LogP contribution in [0.1, 0.15) is 12.5 Å². The average Bonchev–Trinajstić information content (AvgIpc) is 2.34. The highest BCUT2D eigenvalue weighted by Gasteiger charge is 2.34. The topological polar surface area (TPSA) is 49.4 Å². The number of anilines is 1. The van der Waals surface area contributed by atoms with Gasteiger partial charge in [0, 0.05) is 6.54 Å². The van der Waals surface area contributed by atoms with Crippen molar-refractivity contribution in [1.82, 2.24) is 5.32 Å². The lowest BCUT2D eigenvalue weighted by molar-refractivity contribution is -0.137. The van der Waals surface area contributed by atoms with E-state index in [-0.39, 0.29) is 12.2 Å². The Balaban J connectivity index is 2.31. The van der Waals surface area contributed by atoms with E-state index in [1.54, 1.807) is 6.92 Å². The van der Waals surface area contributed by atoms with Crippen LogP contribution in [0.4, 0.5) is 23.7 Å². The summed E-state index contributed by atoms with van der Waals surface area (Å²) in [6.45, 7) is 1.87. The number of benzene rings is 1. The molecule has 0 aliphatic carbocycles. The van der Waals surface area contributed by atoms with Gasteiger partial charge in [-0.3, -0.25) is 4.79 Å². The van der Waals surface area contributed by atoms with Gasteiger partial charge in [0.15, 0.2) is 0 Å². The maximum Gasteiger partial charge on any atom is 0.416 e. The lowest BCUT2D eigenvalue weighted by Gasteiger charge is -2.29. The number of halogens is 3. The molecule has 0 saturated carbocycles. The lowest BCUT2D eigenvalue weighted by Crippen LogP contribution is -2.54. The molecule has 102 valence electrons. The zero-order valence-electron chi connectivity index (χ0n) is 9.99. The first-order valence-corrected chi connectivity index (χ1v) is 5.60. The molecule has 1 unspecified atom stereocenters. The Labute approximate surface area is 107 Å². The molecule has 1 aliphatic heterocycles. The largest absolute Gasteiger partial charge is 0.416 e. The third kappa shape index (κ3) is 2.54. The van der Waals surface area contributed by atoms with Crippen molar-refractivity contribution in [2.75, 3.05) is 11.4 Å². The number of nitrogens with zero attached hydrogens (tertiary/aromatic N) is 1. The molecule has 19 heavy (non-hydrogen) atoms. The third-order valence-electron chi connectivity index (χ3n) is 2.86. The summed E-state index contributed by atoms with van der Waals surface area (Å²) < 4.78 is 37.3. The van der Waals surface area contributed by atoms with Crippen LogP contribution in [-0.2, 0) is 11.0 Å². The summed E-state index contributed by atoms with van der Waals surface area (Å²) >= 11 is 0. The van der Waals surface area contributed by atoms with E-state index in [2.05, 4.69) is 5.32 Å². The highest BCUT2D eigenvalue weighted by molar-refractivity contribution is 6.16. The molecule has 4 nitrogen and oxygen atoms in total. The fraction of sp³-hybridized carbons (Fsp3) is 0.333. The molecule has 1 atom stereocenters. The number of alkyl halides is 3. The standard InChI is InChI=1S/C12H11F3N2O2/c1-7-6-16-11(19)17(10(7)18)9-4-2-8(3-5-9)12(13,14)15/h2-5,7H,6H2,1H3,(H,16,19). The van der Waals surface area contributed by atoms with Gasteiger partial charge in [-0.2, -0.15) is 13.2 Å². The van der Waals surface area contributed by atoms with E-state index in [0.29, 0.717) is 0 Å². The van der Waals surface area contributed by atoms with Crippen molar-refractivity contribution in [1.29, 1.82) is 0 Å². The molecule has 1 saturated heterocycles. The minimum atomic E-state index is -4.44. The van der Waals surface area contributed by atoms with Crippen molar-refractivity contribution in [3.8, 4) is 0 Å². The molecule has 1 aliphatic rings. The first-order chi connectivity index (χ1) is 8.80. The highest BCUT2D eigenvalue weighted by atomic mass is 19.4. The summed E-state index contributed by atoms with van der Waals surface area (Å²) in [5, 5.41) is 2.50. The average molecular weight is 272 g/mol. The van der Waals surface area contributed by atoms with E-state index in [1.807, 2.05) is 0 Å². The van der Waals surface area contributed by atoms with Crippen molar-refractivity contribution in [3.05, 3.63) is 29.8 Å². The number of carbonyl (C=O) groups is 2. The van der Waals surface area contributed by atoms with E-state index < -0.39 is 29.6 Å². The summed E-state index contributed by atoms with van der Waals surface area (Å²) in [4.78, 5) is 24.3. The van der Waals surface area contributed by atoms with Crippen molar-refractivity contribution in [2.45, 2.75) is 13.1 Å². The molecule has 1 N–H and O–H groups in total. The Bertz CT molecular complexity index is 511. The van der Waals surface area contributed by atoms with Crippen LogP contribution in [0.2, 0.25) is 0 Å². The Morgan fingerprint density at radius 1 is 1.21 bits per heavy atom. The van der Waals surface area contributed by atoms with Crippen molar-refractivity contribution < 1.29 is 22.8 Å². The van der Waals surface area contributed by atoms with Gasteiger partial charge in [-0.25, -0.2) is 9.69 Å². The fourth-order valence-electron chi connectivity index (χ4n) is 1.77. The molecule has 3 amide bonds. The Morgan fingerprint density at radius 3 is 2.32 bits per heavy atom. The summed E-state index contributed by atoms with van der Waals surface area (Å²) in [5.74, 6) is -0.830. The summed E-state index contributed by atoms with van der Waals surface area (Å²) in [5.41, 5.74) is -0.698. The first kappa shape index (κ1) is 13.4. The van der Waals surface area contributed by atoms with Crippen LogP contribution in [0, 0.1) is 5.92 Å². The predicted molar refractivity (Wildman–Crippen MR) is 61.5 cm³/mol. The molecule has 1 fully saturated rings. The van der Waals surface area contributed by atoms with Crippen molar-refractivity contribution >= 4 is 17.6 Å². The van der Waals surface area contributed by atoms with E-state index in [0.717, 1.165) is 29.2 Å². The number of hydrogen-bond acceptors (Lipinski definition) is 2. The van der Waals surface area contributed by atoms with Gasteiger partial charge >= 0.3 is 12.2 Å². The number of carbonyl (C=O) groups excluding carboxylic acids is 2. The van der Waals surface area contributed by atoms with Gasteiger partial charge in [0.25, 0.3) is 0 Å². The summed E-state index contributed by atoms with van der Waals surface area (Å²) in [7, 11) is 0.